The van der Waals surface area contributed by atoms with E-state index in [1.165, 1.54) is 19.3 Å². The van der Waals surface area contributed by atoms with Crippen LogP contribution >= 0.6 is 0 Å². The number of para-hydroxylation sites is 1. The Labute approximate surface area is 183 Å². The van der Waals surface area contributed by atoms with Crippen LogP contribution in [0.25, 0.3) is 10.9 Å². The van der Waals surface area contributed by atoms with Crippen LogP contribution in [0.4, 0.5) is 0 Å². The van der Waals surface area contributed by atoms with Crippen LogP contribution in [0, 0.1) is 0 Å². The number of rotatable bonds is 5. The molecule has 4 rings (SSSR count). The van der Waals surface area contributed by atoms with Crippen LogP contribution in [-0.2, 0) is 9.53 Å². The summed E-state index contributed by atoms with van der Waals surface area (Å²) in [5.41, 5.74) is 2.14. The van der Waals surface area contributed by atoms with E-state index in [-0.39, 0.29) is 17.9 Å². The van der Waals surface area contributed by atoms with Crippen LogP contribution in [0.3, 0.4) is 0 Å². The topological polar surface area (TPSA) is 74.8 Å². The molecule has 2 amide bonds. The fourth-order valence-electron chi connectivity index (χ4n) is 4.53. The number of pyridine rings is 1. The molecule has 0 bridgehead atoms. The predicted molar refractivity (Wildman–Crippen MR) is 120 cm³/mol. The van der Waals surface area contributed by atoms with E-state index in [0.717, 1.165) is 29.4 Å². The summed E-state index contributed by atoms with van der Waals surface area (Å²) in [7, 11) is 3.50. The zero-order valence-corrected chi connectivity index (χ0v) is 18.5. The zero-order valence-electron chi connectivity index (χ0n) is 18.5. The van der Waals surface area contributed by atoms with Gasteiger partial charge in [0.05, 0.1) is 29.9 Å². The van der Waals surface area contributed by atoms with Crippen LogP contribution in [0.2, 0.25) is 0 Å². The highest BCUT2D eigenvalue weighted by Crippen LogP contribution is 2.26. The highest BCUT2D eigenvalue weighted by atomic mass is 16.5. The van der Waals surface area contributed by atoms with E-state index < -0.39 is 0 Å². The monoisotopic (exact) mass is 424 g/mol. The summed E-state index contributed by atoms with van der Waals surface area (Å²) < 4.78 is 6.01. The lowest BCUT2D eigenvalue weighted by Gasteiger charge is -2.33. The second-order valence-corrected chi connectivity index (χ2v) is 8.81. The second-order valence-electron chi connectivity index (χ2n) is 8.81. The first-order valence-electron chi connectivity index (χ1n) is 11.3. The minimum absolute atomic E-state index is 0.0561. The number of hydrogen-bond donors (Lipinski definition) is 1. The highest BCUT2D eigenvalue weighted by Gasteiger charge is 2.27. The number of nitrogens with one attached hydrogen (secondary N) is 1. The Morgan fingerprint density at radius 2 is 1.97 bits per heavy atom. The Bertz CT molecular complexity index is 940. The Hall–Kier alpha value is -2.51. The van der Waals surface area contributed by atoms with E-state index in [4.69, 9.17) is 9.72 Å². The fraction of sp³-hybridized carbons (Fsp3) is 0.542. The van der Waals surface area contributed by atoms with Gasteiger partial charge in [-0.2, -0.15) is 0 Å². The first-order valence-corrected chi connectivity index (χ1v) is 11.3. The summed E-state index contributed by atoms with van der Waals surface area (Å²) in [5, 5.41) is 4.03. The van der Waals surface area contributed by atoms with E-state index in [2.05, 4.69) is 10.2 Å². The molecule has 2 aliphatic rings. The molecule has 1 atom stereocenters. The number of fused-ring (bicyclic) bond motifs is 1. The maximum Gasteiger partial charge on any atom is 0.254 e. The van der Waals surface area contributed by atoms with Crippen molar-refractivity contribution in [3.05, 3.63) is 41.6 Å². The summed E-state index contributed by atoms with van der Waals surface area (Å²) in [6.07, 6.45) is 5.57. The molecular formula is C24H32N4O3. The highest BCUT2D eigenvalue weighted by molar-refractivity contribution is 6.06. The van der Waals surface area contributed by atoms with Gasteiger partial charge in [0.2, 0.25) is 5.91 Å². The van der Waals surface area contributed by atoms with Gasteiger partial charge < -0.3 is 15.0 Å². The summed E-state index contributed by atoms with van der Waals surface area (Å²) in [6, 6.07) is 9.85. The van der Waals surface area contributed by atoms with Gasteiger partial charge in [0, 0.05) is 38.6 Å². The van der Waals surface area contributed by atoms with Gasteiger partial charge in [-0.15, -0.1) is 0 Å². The molecule has 1 saturated carbocycles. The first-order chi connectivity index (χ1) is 15.0. The molecule has 0 unspecified atom stereocenters. The van der Waals surface area contributed by atoms with Crippen molar-refractivity contribution in [3.8, 4) is 0 Å². The summed E-state index contributed by atoms with van der Waals surface area (Å²) in [4.78, 5) is 33.8. The van der Waals surface area contributed by atoms with Crippen LogP contribution in [0.1, 0.15) is 54.3 Å². The smallest absolute Gasteiger partial charge is 0.254 e. The average molecular weight is 425 g/mol. The molecule has 0 spiro atoms. The molecule has 2 aromatic rings. The number of ether oxygens (including phenoxy) is 1. The van der Waals surface area contributed by atoms with Crippen molar-refractivity contribution < 1.29 is 14.3 Å². The van der Waals surface area contributed by atoms with E-state index in [0.29, 0.717) is 37.8 Å². The van der Waals surface area contributed by atoms with E-state index in [9.17, 15) is 9.59 Å². The number of aromatic nitrogens is 1. The lowest BCUT2D eigenvalue weighted by atomic mass is 9.95. The third-order valence-corrected chi connectivity index (χ3v) is 6.19. The summed E-state index contributed by atoms with van der Waals surface area (Å²) in [6.45, 7) is 2.20. The lowest BCUT2D eigenvalue weighted by molar-refractivity contribution is -0.125. The number of hydrogen-bond acceptors (Lipinski definition) is 5. The lowest BCUT2D eigenvalue weighted by Crippen LogP contribution is -2.47. The van der Waals surface area contributed by atoms with Gasteiger partial charge >= 0.3 is 0 Å². The molecule has 1 saturated heterocycles. The standard InChI is InChI=1S/C24H32N4O3/c1-27(2)24(30)19-14-21(26-20-11-7-6-10-18(19)20)22-15-28(12-13-31-22)16-23(29)25-17-8-4-3-5-9-17/h6-7,10-11,14,17,22H,3-5,8-9,12-13,15-16H2,1-2H3,(H,25,29)/t22-/m0/s1. The maximum absolute atomic E-state index is 12.8. The Kier molecular flexibility index (Phi) is 6.83. The first kappa shape index (κ1) is 21.7. The molecule has 1 aliphatic heterocycles. The molecule has 1 aromatic heterocycles. The van der Waals surface area contributed by atoms with Crippen molar-refractivity contribution in [2.75, 3.05) is 40.3 Å². The van der Waals surface area contributed by atoms with Gasteiger partial charge in [-0.1, -0.05) is 37.5 Å². The molecule has 2 fully saturated rings. The molecule has 0 radical (unpaired) electrons. The fourth-order valence-corrected chi connectivity index (χ4v) is 4.53. The van der Waals surface area contributed by atoms with Crippen molar-refractivity contribution in [3.63, 3.8) is 0 Å². The van der Waals surface area contributed by atoms with Crippen molar-refractivity contribution >= 4 is 22.7 Å². The van der Waals surface area contributed by atoms with Gasteiger partial charge in [0.25, 0.3) is 5.91 Å². The average Bonchev–Trinajstić information content (AvgIpc) is 2.78. The minimum atomic E-state index is -0.269. The van der Waals surface area contributed by atoms with Crippen LogP contribution in [0.15, 0.2) is 30.3 Å². The van der Waals surface area contributed by atoms with Gasteiger partial charge in [-0.05, 0) is 25.0 Å². The van der Waals surface area contributed by atoms with Crippen LogP contribution < -0.4 is 5.32 Å². The minimum Gasteiger partial charge on any atom is -0.369 e. The number of carbonyl (C=O) groups is 2. The molecule has 7 nitrogen and oxygen atoms in total. The molecule has 1 aliphatic carbocycles. The molecular weight excluding hydrogens is 392 g/mol. The SMILES string of the molecule is CN(C)C(=O)c1cc([C@@H]2CN(CC(=O)NC3CCCCC3)CCO2)nc2ccccc12. The number of morpholine rings is 1. The zero-order chi connectivity index (χ0) is 21.8. The largest absolute Gasteiger partial charge is 0.369 e. The van der Waals surface area contributed by atoms with E-state index in [1.807, 2.05) is 30.3 Å². The molecule has 2 heterocycles. The van der Waals surface area contributed by atoms with E-state index in [1.54, 1.807) is 19.0 Å². The molecule has 166 valence electrons. The quantitative estimate of drug-likeness (QED) is 0.799. The molecule has 1 N–H and O–H groups in total. The van der Waals surface area contributed by atoms with Crippen molar-refractivity contribution in [2.45, 2.75) is 44.2 Å². The van der Waals surface area contributed by atoms with Gasteiger partial charge in [0.15, 0.2) is 0 Å². The van der Waals surface area contributed by atoms with Crippen molar-refractivity contribution in [2.24, 2.45) is 0 Å². The Balaban J connectivity index is 1.48. The van der Waals surface area contributed by atoms with Crippen molar-refractivity contribution in [1.82, 2.24) is 20.1 Å². The Morgan fingerprint density at radius 3 is 2.74 bits per heavy atom. The normalized spacial score (nSPS) is 20.5. The third-order valence-electron chi connectivity index (χ3n) is 6.19. The van der Waals surface area contributed by atoms with Crippen molar-refractivity contribution in [1.29, 1.82) is 0 Å². The predicted octanol–water partition coefficient (Wildman–Crippen LogP) is 2.76. The van der Waals surface area contributed by atoms with Gasteiger partial charge in [-0.3, -0.25) is 14.5 Å². The third kappa shape index (κ3) is 5.22. The summed E-state index contributed by atoms with van der Waals surface area (Å²) >= 11 is 0. The van der Waals surface area contributed by atoms with Gasteiger partial charge in [0.1, 0.15) is 6.10 Å². The number of benzene rings is 1. The summed E-state index contributed by atoms with van der Waals surface area (Å²) in [5.74, 6) is 0.0295. The van der Waals surface area contributed by atoms with E-state index >= 15 is 0 Å². The molecule has 31 heavy (non-hydrogen) atoms. The Morgan fingerprint density at radius 1 is 1.19 bits per heavy atom. The van der Waals surface area contributed by atoms with Crippen LogP contribution in [0.5, 0.6) is 0 Å². The van der Waals surface area contributed by atoms with Gasteiger partial charge in [-0.25, -0.2) is 4.98 Å². The molecule has 1 aromatic carbocycles. The number of nitrogens with zero attached hydrogens (tertiary/aromatic N) is 3. The maximum atomic E-state index is 12.8. The van der Waals surface area contributed by atoms with Crippen LogP contribution in [-0.4, -0.2) is 73.0 Å². The second kappa shape index (κ2) is 9.75. The number of carbonyl (C=O) groups excluding carboxylic acids is 2. The number of amides is 2. The molecule has 7 heteroatoms.